The quantitative estimate of drug-likeness (QED) is 0.699. The molecular weight excluding hydrogens is 332 g/mol. The zero-order valence-electron chi connectivity index (χ0n) is 15.1. The number of amides is 1. The molecule has 134 valence electrons. The highest BCUT2D eigenvalue weighted by molar-refractivity contribution is 7.98. The number of carbonyl (C=O) groups excluding carboxylic acids is 1. The predicted molar refractivity (Wildman–Crippen MR) is 104 cm³/mol. The predicted octanol–water partition coefficient (Wildman–Crippen LogP) is 3.21. The zero-order chi connectivity index (χ0) is 18.1. The van der Waals surface area contributed by atoms with Gasteiger partial charge in [0.15, 0.2) is 0 Å². The van der Waals surface area contributed by atoms with Crippen LogP contribution in [0.1, 0.15) is 11.1 Å². The van der Waals surface area contributed by atoms with E-state index in [9.17, 15) is 4.79 Å². The summed E-state index contributed by atoms with van der Waals surface area (Å²) in [7, 11) is 3.63. The number of benzene rings is 2. The van der Waals surface area contributed by atoms with Crippen LogP contribution in [0.3, 0.4) is 0 Å². The molecule has 0 aromatic heterocycles. The van der Waals surface area contributed by atoms with Crippen molar-refractivity contribution < 1.29 is 9.53 Å². The number of para-hydroxylation sites is 1. The number of nitrogens with one attached hydrogen (secondary N) is 1. The van der Waals surface area contributed by atoms with Crippen LogP contribution in [0.5, 0.6) is 5.75 Å². The maximum Gasteiger partial charge on any atom is 0.234 e. The molecule has 0 heterocycles. The minimum atomic E-state index is 0.0399. The fourth-order valence-electron chi connectivity index (χ4n) is 2.65. The van der Waals surface area contributed by atoms with Crippen LogP contribution >= 0.6 is 11.8 Å². The van der Waals surface area contributed by atoms with E-state index in [1.54, 1.807) is 18.9 Å². The van der Waals surface area contributed by atoms with Gasteiger partial charge in [0.1, 0.15) is 5.75 Å². The van der Waals surface area contributed by atoms with Crippen molar-refractivity contribution in [2.45, 2.75) is 17.9 Å². The van der Waals surface area contributed by atoms with Crippen LogP contribution in [0.4, 0.5) is 0 Å². The lowest BCUT2D eigenvalue weighted by Crippen LogP contribution is -2.35. The summed E-state index contributed by atoms with van der Waals surface area (Å²) in [5.74, 6) is 0.903. The summed E-state index contributed by atoms with van der Waals surface area (Å²) in [6.45, 7) is 1.75. The summed E-state index contributed by atoms with van der Waals surface area (Å²) in [4.78, 5) is 15.4. The average Bonchev–Trinajstić information content (AvgIpc) is 2.62. The van der Waals surface area contributed by atoms with Gasteiger partial charge < -0.3 is 10.1 Å². The van der Waals surface area contributed by atoms with E-state index in [-0.39, 0.29) is 5.91 Å². The molecular formula is C20H26N2O2S. The number of nitrogens with zero attached hydrogens (tertiary/aromatic N) is 1. The molecule has 2 aromatic rings. The number of hydrogen-bond donors (Lipinski definition) is 1. The minimum Gasteiger partial charge on any atom is -0.496 e. The summed E-state index contributed by atoms with van der Waals surface area (Å²) in [6.07, 6.45) is 2.83. The van der Waals surface area contributed by atoms with E-state index in [2.05, 4.69) is 35.8 Å². The van der Waals surface area contributed by atoms with Crippen LogP contribution in [0.25, 0.3) is 0 Å². The second-order valence-corrected chi connectivity index (χ2v) is 6.81. The van der Waals surface area contributed by atoms with Crippen LogP contribution < -0.4 is 10.1 Å². The van der Waals surface area contributed by atoms with Gasteiger partial charge in [0.25, 0.3) is 0 Å². The van der Waals surface area contributed by atoms with Crippen molar-refractivity contribution in [3.63, 3.8) is 0 Å². The van der Waals surface area contributed by atoms with Crippen LogP contribution in [0, 0.1) is 0 Å². The van der Waals surface area contributed by atoms with Crippen molar-refractivity contribution in [2.24, 2.45) is 0 Å². The second-order valence-electron chi connectivity index (χ2n) is 5.93. The van der Waals surface area contributed by atoms with Gasteiger partial charge in [-0.1, -0.05) is 30.3 Å². The minimum absolute atomic E-state index is 0.0399. The fourth-order valence-corrected chi connectivity index (χ4v) is 3.05. The van der Waals surface area contributed by atoms with Crippen LogP contribution in [0.15, 0.2) is 53.4 Å². The summed E-state index contributed by atoms with van der Waals surface area (Å²) in [5.41, 5.74) is 2.31. The molecule has 0 bridgehead atoms. The maximum absolute atomic E-state index is 12.1. The van der Waals surface area contributed by atoms with Gasteiger partial charge in [0.05, 0.1) is 13.7 Å². The zero-order valence-corrected chi connectivity index (χ0v) is 15.9. The molecule has 0 aliphatic heterocycles. The van der Waals surface area contributed by atoms with Gasteiger partial charge in [-0.15, -0.1) is 11.8 Å². The largest absolute Gasteiger partial charge is 0.496 e. The Hall–Kier alpha value is -1.98. The number of likely N-dealkylation sites (N-methyl/N-ethyl adjacent to an activating group) is 1. The number of methoxy groups -OCH3 is 1. The second kappa shape index (κ2) is 10.1. The highest BCUT2D eigenvalue weighted by Crippen LogP contribution is 2.17. The molecule has 1 N–H and O–H groups in total. The first-order valence-corrected chi connectivity index (χ1v) is 9.55. The molecule has 0 fully saturated rings. The number of ether oxygens (including phenoxy) is 1. The number of rotatable bonds is 9. The van der Waals surface area contributed by atoms with Gasteiger partial charge in [-0.3, -0.25) is 9.69 Å². The molecule has 0 aliphatic rings. The molecule has 0 unspecified atom stereocenters. The van der Waals surface area contributed by atoms with Gasteiger partial charge in [-0.2, -0.15) is 0 Å². The molecule has 1 amide bonds. The van der Waals surface area contributed by atoms with Gasteiger partial charge in [-0.05, 0) is 49.1 Å². The van der Waals surface area contributed by atoms with Gasteiger partial charge in [0, 0.05) is 18.0 Å². The van der Waals surface area contributed by atoms with Crippen LogP contribution in [-0.2, 0) is 17.8 Å². The van der Waals surface area contributed by atoms with Crippen molar-refractivity contribution in [3.05, 3.63) is 59.7 Å². The average molecular weight is 359 g/mol. The Morgan fingerprint density at radius 3 is 2.56 bits per heavy atom. The van der Waals surface area contributed by atoms with Crippen molar-refractivity contribution in [1.82, 2.24) is 10.2 Å². The molecule has 2 rings (SSSR count). The molecule has 0 saturated carbocycles. The van der Waals surface area contributed by atoms with E-state index in [4.69, 9.17) is 4.74 Å². The summed E-state index contributed by atoms with van der Waals surface area (Å²) >= 11 is 1.73. The Morgan fingerprint density at radius 1 is 1.16 bits per heavy atom. The van der Waals surface area contributed by atoms with Crippen molar-refractivity contribution in [2.75, 3.05) is 33.5 Å². The van der Waals surface area contributed by atoms with Crippen LogP contribution in [0.2, 0.25) is 0 Å². The van der Waals surface area contributed by atoms with Gasteiger partial charge >= 0.3 is 0 Å². The summed E-state index contributed by atoms with van der Waals surface area (Å²) < 4.78 is 5.33. The van der Waals surface area contributed by atoms with E-state index in [0.29, 0.717) is 13.1 Å². The molecule has 4 nitrogen and oxygen atoms in total. The molecule has 0 aliphatic carbocycles. The molecule has 0 atom stereocenters. The maximum atomic E-state index is 12.1. The first-order valence-electron chi connectivity index (χ1n) is 8.32. The lowest BCUT2D eigenvalue weighted by atomic mass is 10.1. The monoisotopic (exact) mass is 358 g/mol. The normalized spacial score (nSPS) is 10.7. The van der Waals surface area contributed by atoms with Crippen LogP contribution in [-0.4, -0.2) is 44.3 Å². The molecule has 2 aromatic carbocycles. The Balaban J connectivity index is 1.73. The lowest BCUT2D eigenvalue weighted by molar-refractivity contribution is -0.122. The third-order valence-electron chi connectivity index (χ3n) is 3.93. The number of carbonyl (C=O) groups is 1. The van der Waals surface area contributed by atoms with E-state index < -0.39 is 0 Å². The fraction of sp³-hybridized carbons (Fsp3) is 0.350. The Kier molecular flexibility index (Phi) is 7.82. The standard InChI is InChI=1S/C20H26N2O2S/c1-22(14-16-8-10-18(25-3)11-9-16)15-20(23)21-13-12-17-6-4-5-7-19(17)24-2/h4-11H,12-15H2,1-3H3,(H,21,23). The lowest BCUT2D eigenvalue weighted by Gasteiger charge is -2.17. The highest BCUT2D eigenvalue weighted by atomic mass is 32.2. The molecule has 0 saturated heterocycles. The molecule has 5 heteroatoms. The van der Waals surface area contributed by atoms with E-state index in [1.165, 1.54) is 10.5 Å². The van der Waals surface area contributed by atoms with Crippen molar-refractivity contribution in [1.29, 1.82) is 0 Å². The summed E-state index contributed by atoms with van der Waals surface area (Å²) in [5, 5.41) is 2.98. The molecule has 25 heavy (non-hydrogen) atoms. The van der Waals surface area contributed by atoms with Crippen molar-refractivity contribution >= 4 is 17.7 Å². The smallest absolute Gasteiger partial charge is 0.234 e. The first kappa shape index (κ1) is 19.3. The SMILES string of the molecule is COc1ccccc1CCNC(=O)CN(C)Cc1ccc(SC)cc1. The summed E-state index contributed by atoms with van der Waals surface area (Å²) in [6, 6.07) is 16.3. The van der Waals surface area contributed by atoms with E-state index in [1.807, 2.05) is 36.2 Å². The number of thioether (sulfide) groups is 1. The Bertz CT molecular complexity index is 674. The Morgan fingerprint density at radius 2 is 1.88 bits per heavy atom. The van der Waals surface area contributed by atoms with E-state index >= 15 is 0 Å². The van der Waals surface area contributed by atoms with Gasteiger partial charge in [-0.25, -0.2) is 0 Å². The van der Waals surface area contributed by atoms with E-state index in [0.717, 1.165) is 24.3 Å². The molecule has 0 spiro atoms. The topological polar surface area (TPSA) is 41.6 Å². The first-order chi connectivity index (χ1) is 12.1. The highest BCUT2D eigenvalue weighted by Gasteiger charge is 2.08. The van der Waals surface area contributed by atoms with Gasteiger partial charge in [0.2, 0.25) is 5.91 Å². The Labute approximate surface area is 154 Å². The third-order valence-corrected chi connectivity index (χ3v) is 4.68. The third kappa shape index (κ3) is 6.44. The van der Waals surface area contributed by atoms with Crippen molar-refractivity contribution in [3.8, 4) is 5.75 Å². The molecule has 0 radical (unpaired) electrons. The number of hydrogen-bond acceptors (Lipinski definition) is 4.